The Morgan fingerprint density at radius 2 is 1.89 bits per heavy atom. The molecule has 0 spiro atoms. The SMILES string of the molecule is CCCNC(Cc1ccncc1)C(C)(C)N(C)C. The van der Waals surface area contributed by atoms with Crippen LogP contribution in [-0.4, -0.2) is 42.1 Å². The zero-order valence-electron chi connectivity index (χ0n) is 12.4. The van der Waals surface area contributed by atoms with E-state index in [-0.39, 0.29) is 5.54 Å². The van der Waals surface area contributed by atoms with Crippen LogP contribution in [-0.2, 0) is 6.42 Å². The molecule has 1 aromatic rings. The second-order valence-electron chi connectivity index (χ2n) is 5.61. The van der Waals surface area contributed by atoms with Crippen molar-refractivity contribution in [1.82, 2.24) is 15.2 Å². The average Bonchev–Trinajstić information content (AvgIpc) is 2.35. The van der Waals surface area contributed by atoms with Crippen LogP contribution in [0.2, 0.25) is 0 Å². The van der Waals surface area contributed by atoms with Gasteiger partial charge in [-0.05, 0) is 65.0 Å². The minimum Gasteiger partial charge on any atom is -0.312 e. The average molecular weight is 249 g/mol. The summed E-state index contributed by atoms with van der Waals surface area (Å²) >= 11 is 0. The normalized spacial score (nSPS) is 13.9. The number of nitrogens with one attached hydrogen (secondary N) is 1. The first kappa shape index (κ1) is 15.1. The fourth-order valence-corrected chi connectivity index (χ4v) is 1.96. The Balaban J connectivity index is 2.78. The molecule has 102 valence electrons. The predicted octanol–water partition coefficient (Wildman–Crippen LogP) is 2.33. The van der Waals surface area contributed by atoms with E-state index in [0.29, 0.717) is 6.04 Å². The fraction of sp³-hybridized carbons (Fsp3) is 0.667. The van der Waals surface area contributed by atoms with Crippen molar-refractivity contribution < 1.29 is 0 Å². The molecule has 0 aromatic carbocycles. The van der Waals surface area contributed by atoms with Crippen LogP contribution in [0.5, 0.6) is 0 Å². The van der Waals surface area contributed by atoms with Gasteiger partial charge in [-0.25, -0.2) is 0 Å². The van der Waals surface area contributed by atoms with Crippen LogP contribution in [0, 0.1) is 0 Å². The molecule has 1 atom stereocenters. The van der Waals surface area contributed by atoms with Crippen LogP contribution in [0.1, 0.15) is 32.8 Å². The summed E-state index contributed by atoms with van der Waals surface area (Å²) in [6.07, 6.45) is 5.94. The van der Waals surface area contributed by atoms with Gasteiger partial charge in [0, 0.05) is 24.0 Å². The highest BCUT2D eigenvalue weighted by Gasteiger charge is 2.30. The number of likely N-dealkylation sites (N-methyl/N-ethyl adjacent to an activating group) is 1. The molecule has 0 bridgehead atoms. The van der Waals surface area contributed by atoms with E-state index in [1.807, 2.05) is 12.4 Å². The highest BCUT2D eigenvalue weighted by Crippen LogP contribution is 2.19. The van der Waals surface area contributed by atoms with Crippen LogP contribution >= 0.6 is 0 Å². The molecule has 3 heteroatoms. The van der Waals surface area contributed by atoms with E-state index >= 15 is 0 Å². The monoisotopic (exact) mass is 249 g/mol. The van der Waals surface area contributed by atoms with E-state index in [4.69, 9.17) is 0 Å². The van der Waals surface area contributed by atoms with Gasteiger partial charge in [0.25, 0.3) is 0 Å². The van der Waals surface area contributed by atoms with E-state index in [0.717, 1.165) is 19.4 Å². The molecule has 0 radical (unpaired) electrons. The molecule has 0 aliphatic heterocycles. The molecule has 1 N–H and O–H groups in total. The van der Waals surface area contributed by atoms with E-state index in [1.54, 1.807) is 0 Å². The summed E-state index contributed by atoms with van der Waals surface area (Å²) in [7, 11) is 4.29. The first-order valence-electron chi connectivity index (χ1n) is 6.78. The van der Waals surface area contributed by atoms with Crippen molar-refractivity contribution in [2.45, 2.75) is 45.2 Å². The number of pyridine rings is 1. The fourth-order valence-electron chi connectivity index (χ4n) is 1.96. The third kappa shape index (κ3) is 4.07. The van der Waals surface area contributed by atoms with Gasteiger partial charge in [-0.3, -0.25) is 4.98 Å². The van der Waals surface area contributed by atoms with Gasteiger partial charge in [0.05, 0.1) is 0 Å². The molecular weight excluding hydrogens is 222 g/mol. The number of rotatable bonds is 7. The van der Waals surface area contributed by atoms with Gasteiger partial charge in [-0.1, -0.05) is 6.92 Å². The van der Waals surface area contributed by atoms with Crippen molar-refractivity contribution in [3.63, 3.8) is 0 Å². The highest BCUT2D eigenvalue weighted by molar-refractivity contribution is 5.13. The molecule has 1 unspecified atom stereocenters. The topological polar surface area (TPSA) is 28.2 Å². The van der Waals surface area contributed by atoms with Crippen LogP contribution in [0.3, 0.4) is 0 Å². The van der Waals surface area contributed by atoms with Crippen LogP contribution in [0.15, 0.2) is 24.5 Å². The Morgan fingerprint density at radius 1 is 1.28 bits per heavy atom. The summed E-state index contributed by atoms with van der Waals surface area (Å²) in [5, 5.41) is 3.68. The molecule has 0 fully saturated rings. The van der Waals surface area contributed by atoms with Crippen molar-refractivity contribution in [2.75, 3.05) is 20.6 Å². The first-order valence-corrected chi connectivity index (χ1v) is 6.78. The molecule has 0 aliphatic rings. The molecule has 3 nitrogen and oxygen atoms in total. The lowest BCUT2D eigenvalue weighted by atomic mass is 9.88. The summed E-state index contributed by atoms with van der Waals surface area (Å²) in [6.45, 7) is 7.86. The summed E-state index contributed by atoms with van der Waals surface area (Å²) in [5.74, 6) is 0. The Labute approximate surface area is 112 Å². The molecule has 1 rings (SSSR count). The zero-order chi connectivity index (χ0) is 13.6. The van der Waals surface area contributed by atoms with Gasteiger partial charge in [0.1, 0.15) is 0 Å². The maximum Gasteiger partial charge on any atom is 0.0303 e. The Bertz CT molecular complexity index is 333. The maximum absolute atomic E-state index is 4.08. The smallest absolute Gasteiger partial charge is 0.0303 e. The predicted molar refractivity (Wildman–Crippen MR) is 77.8 cm³/mol. The standard InChI is InChI=1S/C15H27N3/c1-6-9-17-14(15(2,3)18(4)5)12-13-7-10-16-11-8-13/h7-8,10-11,14,17H,6,9,12H2,1-5H3. The zero-order valence-corrected chi connectivity index (χ0v) is 12.4. The second-order valence-corrected chi connectivity index (χ2v) is 5.61. The molecular formula is C15H27N3. The molecule has 0 saturated carbocycles. The van der Waals surface area contributed by atoms with E-state index in [2.05, 4.69) is 62.2 Å². The van der Waals surface area contributed by atoms with Crippen molar-refractivity contribution in [3.05, 3.63) is 30.1 Å². The first-order chi connectivity index (χ1) is 8.48. The van der Waals surface area contributed by atoms with Gasteiger partial charge in [-0.15, -0.1) is 0 Å². The minimum atomic E-state index is 0.123. The van der Waals surface area contributed by atoms with Crippen LogP contribution < -0.4 is 5.32 Å². The van der Waals surface area contributed by atoms with Gasteiger partial charge < -0.3 is 10.2 Å². The summed E-state index contributed by atoms with van der Waals surface area (Å²) < 4.78 is 0. The third-order valence-electron chi connectivity index (χ3n) is 3.84. The van der Waals surface area contributed by atoms with Crippen LogP contribution in [0.4, 0.5) is 0 Å². The van der Waals surface area contributed by atoms with E-state index in [1.165, 1.54) is 5.56 Å². The van der Waals surface area contributed by atoms with Gasteiger partial charge in [0.2, 0.25) is 0 Å². The van der Waals surface area contributed by atoms with Crippen molar-refractivity contribution in [3.8, 4) is 0 Å². The van der Waals surface area contributed by atoms with Crippen molar-refractivity contribution in [2.24, 2.45) is 0 Å². The molecule has 1 heterocycles. The second kappa shape index (κ2) is 6.86. The molecule has 0 aliphatic carbocycles. The molecule has 18 heavy (non-hydrogen) atoms. The lowest BCUT2D eigenvalue weighted by molar-refractivity contribution is 0.137. The quantitative estimate of drug-likeness (QED) is 0.804. The van der Waals surface area contributed by atoms with Gasteiger partial charge >= 0.3 is 0 Å². The highest BCUT2D eigenvalue weighted by atomic mass is 15.2. The Hall–Kier alpha value is -0.930. The Kier molecular flexibility index (Phi) is 5.76. The van der Waals surface area contributed by atoms with E-state index < -0.39 is 0 Å². The largest absolute Gasteiger partial charge is 0.312 e. The van der Waals surface area contributed by atoms with Crippen LogP contribution in [0.25, 0.3) is 0 Å². The lowest BCUT2D eigenvalue weighted by Gasteiger charge is -2.41. The third-order valence-corrected chi connectivity index (χ3v) is 3.84. The number of hydrogen-bond donors (Lipinski definition) is 1. The number of aromatic nitrogens is 1. The summed E-state index contributed by atoms with van der Waals surface area (Å²) in [4.78, 5) is 6.37. The van der Waals surface area contributed by atoms with Gasteiger partial charge in [0.15, 0.2) is 0 Å². The number of nitrogens with zero attached hydrogens (tertiary/aromatic N) is 2. The summed E-state index contributed by atoms with van der Waals surface area (Å²) in [6, 6.07) is 4.65. The minimum absolute atomic E-state index is 0.123. The van der Waals surface area contributed by atoms with E-state index in [9.17, 15) is 0 Å². The van der Waals surface area contributed by atoms with Crippen molar-refractivity contribution >= 4 is 0 Å². The molecule has 0 amide bonds. The molecule has 1 aromatic heterocycles. The summed E-state index contributed by atoms with van der Waals surface area (Å²) in [5.41, 5.74) is 1.46. The van der Waals surface area contributed by atoms with Crippen molar-refractivity contribution in [1.29, 1.82) is 0 Å². The molecule has 0 saturated heterocycles. The lowest BCUT2D eigenvalue weighted by Crippen LogP contribution is -2.56. The maximum atomic E-state index is 4.08. The Morgan fingerprint density at radius 3 is 2.39 bits per heavy atom. The van der Waals surface area contributed by atoms with Gasteiger partial charge in [-0.2, -0.15) is 0 Å². The number of hydrogen-bond acceptors (Lipinski definition) is 3.